The molecule has 1 N–H and O–H groups in total. The third-order valence-electron chi connectivity index (χ3n) is 3.48. The van der Waals surface area contributed by atoms with Gasteiger partial charge >= 0.3 is 5.97 Å². The minimum absolute atomic E-state index is 0.296. The largest absolute Gasteiger partial charge is 0.478 e. The van der Waals surface area contributed by atoms with E-state index in [2.05, 4.69) is 18.7 Å². The van der Waals surface area contributed by atoms with Gasteiger partial charge in [0.05, 0.1) is 0 Å². The number of benzene rings is 1. The number of hydrogen-bond donors (Lipinski definition) is 1. The van der Waals surface area contributed by atoms with Crippen LogP contribution in [0.15, 0.2) is 24.3 Å². The second kappa shape index (κ2) is 7.80. The van der Waals surface area contributed by atoms with Crippen molar-refractivity contribution in [3.8, 4) is 0 Å². The summed E-state index contributed by atoms with van der Waals surface area (Å²) < 4.78 is 14.0. The van der Waals surface area contributed by atoms with Gasteiger partial charge in [-0.05, 0) is 37.6 Å². The van der Waals surface area contributed by atoms with Crippen LogP contribution in [0.25, 0.3) is 6.08 Å². The summed E-state index contributed by atoms with van der Waals surface area (Å²) in [5, 5.41) is 8.55. The summed E-state index contributed by atoms with van der Waals surface area (Å²) in [6.45, 7) is 4.81. The molecule has 110 valence electrons. The van der Waals surface area contributed by atoms with Crippen molar-refractivity contribution >= 4 is 12.0 Å². The molecule has 0 aliphatic carbocycles. The predicted octanol–water partition coefficient (Wildman–Crippen LogP) is 3.54. The van der Waals surface area contributed by atoms with Crippen LogP contribution < -0.4 is 0 Å². The second-order valence-electron chi connectivity index (χ2n) is 4.91. The summed E-state index contributed by atoms with van der Waals surface area (Å²) in [5.74, 6) is -1.33. The highest BCUT2D eigenvalue weighted by molar-refractivity contribution is 5.85. The van der Waals surface area contributed by atoms with Crippen molar-refractivity contribution in [1.82, 2.24) is 4.90 Å². The quantitative estimate of drug-likeness (QED) is 0.776. The lowest BCUT2D eigenvalue weighted by Crippen LogP contribution is -2.30. The first-order valence-corrected chi connectivity index (χ1v) is 6.87. The van der Waals surface area contributed by atoms with Crippen molar-refractivity contribution in [2.75, 3.05) is 7.05 Å². The molecular weight excluding hydrogens is 257 g/mol. The molecule has 1 aromatic carbocycles. The molecule has 3 nitrogen and oxygen atoms in total. The number of nitrogens with zero attached hydrogens (tertiary/aromatic N) is 1. The predicted molar refractivity (Wildman–Crippen MR) is 78.9 cm³/mol. The molecule has 0 saturated heterocycles. The molecule has 20 heavy (non-hydrogen) atoms. The van der Waals surface area contributed by atoms with Gasteiger partial charge in [-0.1, -0.05) is 26.0 Å². The zero-order valence-electron chi connectivity index (χ0n) is 12.3. The molecular formula is C16H22FNO2. The van der Waals surface area contributed by atoms with Gasteiger partial charge in [0.15, 0.2) is 0 Å². The van der Waals surface area contributed by atoms with E-state index in [1.165, 1.54) is 12.1 Å². The average Bonchev–Trinajstić information content (AvgIpc) is 2.40. The SMILES string of the molecule is CCC(CC)N(C)Cc1ccc(C=CC(=O)O)cc1F. The summed E-state index contributed by atoms with van der Waals surface area (Å²) >= 11 is 0. The minimum Gasteiger partial charge on any atom is -0.478 e. The first-order valence-electron chi connectivity index (χ1n) is 6.87. The highest BCUT2D eigenvalue weighted by atomic mass is 19.1. The smallest absolute Gasteiger partial charge is 0.328 e. The van der Waals surface area contributed by atoms with E-state index in [0.717, 1.165) is 18.9 Å². The van der Waals surface area contributed by atoms with Gasteiger partial charge in [0.1, 0.15) is 5.82 Å². The Labute approximate surface area is 119 Å². The van der Waals surface area contributed by atoms with E-state index in [1.54, 1.807) is 12.1 Å². The normalized spacial score (nSPS) is 11.7. The zero-order valence-corrected chi connectivity index (χ0v) is 12.3. The summed E-state index contributed by atoms with van der Waals surface area (Å²) in [7, 11) is 2.00. The lowest BCUT2D eigenvalue weighted by atomic mass is 10.1. The lowest BCUT2D eigenvalue weighted by molar-refractivity contribution is -0.131. The fourth-order valence-electron chi connectivity index (χ4n) is 2.27. The molecule has 0 aromatic heterocycles. The topological polar surface area (TPSA) is 40.5 Å². The van der Waals surface area contributed by atoms with E-state index in [1.807, 2.05) is 7.05 Å². The molecule has 0 bridgehead atoms. The van der Waals surface area contributed by atoms with E-state index in [0.29, 0.717) is 23.7 Å². The first-order chi connectivity index (χ1) is 9.47. The van der Waals surface area contributed by atoms with E-state index in [4.69, 9.17) is 5.11 Å². The van der Waals surface area contributed by atoms with Crippen LogP contribution in [0.2, 0.25) is 0 Å². The standard InChI is InChI=1S/C16H22FNO2/c1-4-14(5-2)18(3)11-13-8-6-12(10-15(13)17)7-9-16(19)20/h6-10,14H,4-5,11H2,1-3H3,(H,19,20). The Balaban J connectivity index is 2.80. The number of hydrogen-bond acceptors (Lipinski definition) is 2. The van der Waals surface area contributed by atoms with Crippen molar-refractivity contribution < 1.29 is 14.3 Å². The van der Waals surface area contributed by atoms with E-state index < -0.39 is 5.97 Å². The van der Waals surface area contributed by atoms with Gasteiger partial charge in [-0.2, -0.15) is 0 Å². The number of carbonyl (C=O) groups is 1. The molecule has 0 heterocycles. The Hall–Kier alpha value is -1.68. The van der Waals surface area contributed by atoms with Crippen LogP contribution >= 0.6 is 0 Å². The molecule has 0 saturated carbocycles. The van der Waals surface area contributed by atoms with E-state index in [-0.39, 0.29) is 5.82 Å². The minimum atomic E-state index is -1.04. The summed E-state index contributed by atoms with van der Waals surface area (Å²) in [4.78, 5) is 12.6. The van der Waals surface area contributed by atoms with E-state index >= 15 is 0 Å². The molecule has 0 radical (unpaired) electrons. The van der Waals surface area contributed by atoms with Gasteiger partial charge in [0.25, 0.3) is 0 Å². The third-order valence-corrected chi connectivity index (χ3v) is 3.48. The van der Waals surface area contributed by atoms with Gasteiger partial charge in [-0.15, -0.1) is 0 Å². The van der Waals surface area contributed by atoms with Gasteiger partial charge < -0.3 is 5.11 Å². The maximum Gasteiger partial charge on any atom is 0.328 e. The summed E-state index contributed by atoms with van der Waals surface area (Å²) in [6.07, 6.45) is 4.46. The van der Waals surface area contributed by atoms with Crippen LogP contribution in [-0.4, -0.2) is 29.1 Å². The Bertz CT molecular complexity index is 481. The fourth-order valence-corrected chi connectivity index (χ4v) is 2.27. The van der Waals surface area contributed by atoms with Crippen molar-refractivity contribution in [3.63, 3.8) is 0 Å². The molecule has 1 rings (SSSR count). The molecule has 1 aromatic rings. The number of carboxylic acids is 1. The maximum atomic E-state index is 14.0. The van der Waals surface area contributed by atoms with Crippen molar-refractivity contribution in [3.05, 3.63) is 41.2 Å². The molecule has 0 aliphatic rings. The van der Waals surface area contributed by atoms with Gasteiger partial charge in [-0.25, -0.2) is 9.18 Å². The molecule has 0 unspecified atom stereocenters. The number of halogens is 1. The maximum absolute atomic E-state index is 14.0. The Morgan fingerprint density at radius 1 is 1.40 bits per heavy atom. The molecule has 0 fully saturated rings. The average molecular weight is 279 g/mol. The molecule has 0 amide bonds. The summed E-state index contributed by atoms with van der Waals surface area (Å²) in [5.41, 5.74) is 1.19. The van der Waals surface area contributed by atoms with Crippen LogP contribution in [0.3, 0.4) is 0 Å². The van der Waals surface area contributed by atoms with Crippen molar-refractivity contribution in [2.24, 2.45) is 0 Å². The molecule has 0 aliphatic heterocycles. The lowest BCUT2D eigenvalue weighted by Gasteiger charge is -2.26. The van der Waals surface area contributed by atoms with Crippen molar-refractivity contribution in [2.45, 2.75) is 39.3 Å². The van der Waals surface area contributed by atoms with Gasteiger partial charge in [-0.3, -0.25) is 4.90 Å². The molecule has 0 atom stereocenters. The zero-order chi connectivity index (χ0) is 15.1. The monoisotopic (exact) mass is 279 g/mol. The third kappa shape index (κ3) is 4.78. The van der Waals surface area contributed by atoms with Gasteiger partial charge in [0.2, 0.25) is 0 Å². The summed E-state index contributed by atoms with van der Waals surface area (Å²) in [6, 6.07) is 5.27. The Morgan fingerprint density at radius 3 is 2.55 bits per heavy atom. The Kier molecular flexibility index (Phi) is 6.39. The second-order valence-corrected chi connectivity index (χ2v) is 4.91. The number of aliphatic carboxylic acids is 1. The van der Waals surface area contributed by atoms with Crippen LogP contribution in [0.5, 0.6) is 0 Å². The fraction of sp³-hybridized carbons (Fsp3) is 0.438. The first kappa shape index (κ1) is 16.4. The van der Waals surface area contributed by atoms with Crippen molar-refractivity contribution in [1.29, 1.82) is 0 Å². The Morgan fingerprint density at radius 2 is 2.05 bits per heavy atom. The number of rotatable bonds is 7. The van der Waals surface area contributed by atoms with Crippen LogP contribution in [-0.2, 0) is 11.3 Å². The van der Waals surface area contributed by atoms with Crippen LogP contribution in [0.1, 0.15) is 37.8 Å². The van der Waals surface area contributed by atoms with Gasteiger partial charge in [0, 0.05) is 24.2 Å². The van der Waals surface area contributed by atoms with E-state index in [9.17, 15) is 9.18 Å². The molecule has 4 heteroatoms. The highest BCUT2D eigenvalue weighted by Crippen LogP contribution is 2.16. The number of carboxylic acid groups (broad SMARTS) is 1. The van der Waals surface area contributed by atoms with Crippen LogP contribution in [0, 0.1) is 5.82 Å². The molecule has 0 spiro atoms. The highest BCUT2D eigenvalue weighted by Gasteiger charge is 2.12. The van der Waals surface area contributed by atoms with Crippen LogP contribution in [0.4, 0.5) is 4.39 Å².